The van der Waals surface area contributed by atoms with Gasteiger partial charge in [0.1, 0.15) is 31.3 Å². The quantitative estimate of drug-likeness (QED) is 0.0298. The molecule has 0 saturated heterocycles. The van der Waals surface area contributed by atoms with E-state index in [4.69, 9.17) is 23.7 Å². The van der Waals surface area contributed by atoms with E-state index in [1.807, 2.05) is 19.1 Å². The van der Waals surface area contributed by atoms with Crippen molar-refractivity contribution in [1.29, 1.82) is 0 Å². The first kappa shape index (κ1) is 46.1. The van der Waals surface area contributed by atoms with Crippen molar-refractivity contribution in [2.75, 3.05) is 26.4 Å². The average Bonchev–Trinajstić information content (AvgIpc) is 3.17. The van der Waals surface area contributed by atoms with Gasteiger partial charge < -0.3 is 28.2 Å². The lowest BCUT2D eigenvalue weighted by Gasteiger charge is -2.24. The Balaban J connectivity index is 2.01. The van der Waals surface area contributed by atoms with Gasteiger partial charge in [0, 0.05) is 35.4 Å². The van der Waals surface area contributed by atoms with Crippen molar-refractivity contribution in [3.05, 3.63) is 112 Å². The highest BCUT2D eigenvalue weighted by molar-refractivity contribution is 8.01. The topological polar surface area (TPSA) is 149 Å². The van der Waals surface area contributed by atoms with Crippen LogP contribution in [0.4, 0.5) is 0 Å². The second kappa shape index (κ2) is 22.5. The number of carbonyl (C=O) groups is 5. The maximum Gasteiger partial charge on any atom is 0.331 e. The van der Waals surface area contributed by atoms with Crippen LogP contribution >= 0.6 is 7.14 Å². The van der Waals surface area contributed by atoms with Crippen LogP contribution in [0.15, 0.2) is 67.3 Å². The van der Waals surface area contributed by atoms with Gasteiger partial charge in [-0.25, -0.2) is 14.4 Å². The summed E-state index contributed by atoms with van der Waals surface area (Å²) in [5.74, 6) is -1.68. The van der Waals surface area contributed by atoms with Gasteiger partial charge in [-0.3, -0.25) is 9.59 Å². The molecular weight excluding hydrogens is 747 g/mol. The molecule has 0 bridgehead atoms. The van der Waals surface area contributed by atoms with Crippen LogP contribution in [0.1, 0.15) is 106 Å². The summed E-state index contributed by atoms with van der Waals surface area (Å²) in [6, 6.07) is 11.7. The highest BCUT2D eigenvalue weighted by Crippen LogP contribution is 2.55. The highest BCUT2D eigenvalue weighted by atomic mass is 31.2. The Morgan fingerprint density at radius 1 is 0.614 bits per heavy atom. The molecule has 306 valence electrons. The van der Waals surface area contributed by atoms with Crippen LogP contribution < -0.4 is 14.8 Å². The van der Waals surface area contributed by atoms with Gasteiger partial charge in [0.25, 0.3) is 7.14 Å². The summed E-state index contributed by atoms with van der Waals surface area (Å²) in [6.45, 7) is 16.4. The Hall–Kier alpha value is -5.28. The molecule has 3 aromatic carbocycles. The summed E-state index contributed by atoms with van der Waals surface area (Å²) in [5.41, 5.74) is 2.23. The van der Waals surface area contributed by atoms with E-state index in [0.29, 0.717) is 46.8 Å². The molecule has 1 atom stereocenters. The van der Waals surface area contributed by atoms with Crippen LogP contribution in [0.3, 0.4) is 0 Å². The van der Waals surface area contributed by atoms with Gasteiger partial charge in [-0.1, -0.05) is 75.9 Å². The van der Waals surface area contributed by atoms with E-state index >= 15 is 9.36 Å². The van der Waals surface area contributed by atoms with Crippen molar-refractivity contribution >= 4 is 41.4 Å². The third-order valence-electron chi connectivity index (χ3n) is 9.04. The van der Waals surface area contributed by atoms with Crippen molar-refractivity contribution in [2.24, 2.45) is 0 Å². The molecule has 0 N–H and O–H groups in total. The lowest BCUT2D eigenvalue weighted by atomic mass is 10.0. The van der Waals surface area contributed by atoms with Gasteiger partial charge in [0.15, 0.2) is 0 Å². The molecule has 3 rings (SSSR count). The molecule has 0 aliphatic carbocycles. The molecule has 11 nitrogen and oxygen atoms in total. The zero-order valence-corrected chi connectivity index (χ0v) is 35.1. The molecule has 3 aromatic rings. The molecular formula is C45H55O11P. The third kappa shape index (κ3) is 12.9. The molecule has 1 unspecified atom stereocenters. The maximum absolute atomic E-state index is 15.8. The predicted molar refractivity (Wildman–Crippen MR) is 220 cm³/mol. The van der Waals surface area contributed by atoms with Gasteiger partial charge in [0.2, 0.25) is 11.0 Å². The van der Waals surface area contributed by atoms with Gasteiger partial charge in [-0.05, 0) is 87.4 Å². The normalized spacial score (nSPS) is 12.1. The molecule has 0 radical (unpaired) electrons. The Bertz CT molecular complexity index is 1980. The van der Waals surface area contributed by atoms with E-state index in [1.165, 1.54) is 6.07 Å². The largest absolute Gasteiger partial charge is 0.493 e. The van der Waals surface area contributed by atoms with E-state index in [2.05, 4.69) is 20.4 Å². The SMILES string of the molecule is C=CC(=O)OCCOC(=O)/C=C\C(=O)OCc1cc(C)c(C(=O)P(=O)(C(=O)c2c(C)cc(C)cc2C)c2ccc(OCCCCC)cc2OCCCCC)c(C)c1. The lowest BCUT2D eigenvalue weighted by Crippen LogP contribution is -2.25. The van der Waals surface area contributed by atoms with Crippen molar-refractivity contribution in [2.45, 2.75) is 93.6 Å². The third-order valence-corrected chi connectivity index (χ3v) is 11.7. The van der Waals surface area contributed by atoms with Crippen LogP contribution in [-0.4, -0.2) is 55.4 Å². The van der Waals surface area contributed by atoms with Crippen LogP contribution in [-0.2, 0) is 39.8 Å². The number of aryl methyl sites for hydroxylation is 5. The van der Waals surface area contributed by atoms with Gasteiger partial charge in [-0.15, -0.1) is 0 Å². The Labute approximate surface area is 336 Å². The molecule has 0 spiro atoms. The van der Waals surface area contributed by atoms with Crippen molar-refractivity contribution in [3.8, 4) is 11.5 Å². The fourth-order valence-corrected chi connectivity index (χ4v) is 9.06. The van der Waals surface area contributed by atoms with Crippen LogP contribution in [0.5, 0.6) is 11.5 Å². The lowest BCUT2D eigenvalue weighted by molar-refractivity contribution is -0.146. The first-order valence-electron chi connectivity index (χ1n) is 19.3. The summed E-state index contributed by atoms with van der Waals surface area (Å²) in [5, 5.41) is 0.00850. The molecule has 57 heavy (non-hydrogen) atoms. The monoisotopic (exact) mass is 802 g/mol. The molecule has 0 aliphatic rings. The summed E-state index contributed by atoms with van der Waals surface area (Å²) >= 11 is 0. The van der Waals surface area contributed by atoms with E-state index < -0.39 is 36.1 Å². The zero-order chi connectivity index (χ0) is 42.1. The Morgan fingerprint density at radius 2 is 1.11 bits per heavy atom. The number of hydrogen-bond acceptors (Lipinski definition) is 11. The first-order chi connectivity index (χ1) is 27.2. The highest BCUT2D eigenvalue weighted by Gasteiger charge is 2.47. The first-order valence-corrected chi connectivity index (χ1v) is 21.0. The van der Waals surface area contributed by atoms with Crippen LogP contribution in [0.25, 0.3) is 0 Å². The summed E-state index contributed by atoms with van der Waals surface area (Å²) < 4.78 is 43.0. The second-order valence-electron chi connectivity index (χ2n) is 13.8. The predicted octanol–water partition coefficient (Wildman–Crippen LogP) is 8.91. The minimum absolute atomic E-state index is 0.00850. The number of rotatable bonds is 23. The van der Waals surface area contributed by atoms with Gasteiger partial charge in [-0.2, -0.15) is 0 Å². The molecule has 0 fully saturated rings. The molecule has 0 aliphatic heterocycles. The average molecular weight is 803 g/mol. The Kier molecular flexibility index (Phi) is 18.2. The maximum atomic E-state index is 15.8. The van der Waals surface area contributed by atoms with Crippen molar-refractivity contribution < 1.29 is 52.2 Å². The minimum Gasteiger partial charge on any atom is -0.493 e. The van der Waals surface area contributed by atoms with E-state index in [9.17, 15) is 19.2 Å². The van der Waals surface area contributed by atoms with Gasteiger partial charge >= 0.3 is 17.9 Å². The zero-order valence-electron chi connectivity index (χ0n) is 34.2. The number of ether oxygens (including phenoxy) is 5. The summed E-state index contributed by atoms with van der Waals surface area (Å²) in [6.07, 6.45) is 8.22. The smallest absolute Gasteiger partial charge is 0.331 e. The number of hydrogen-bond donors (Lipinski definition) is 0. The van der Waals surface area contributed by atoms with Crippen molar-refractivity contribution in [1.82, 2.24) is 0 Å². The standard InChI is InChI=1S/C45H55O11P/c1-9-12-14-20-52-36-16-17-38(37(28-36)53-21-15-13-10-2)57(51,44(49)42-31(5)24-30(4)25-32(42)6)45(50)43-33(7)26-35(27-34(43)8)29-56-41(48)19-18-40(47)55-23-22-54-39(46)11-3/h11,16-19,24-28H,3,9-10,12-15,20-23,29H2,1-2,4-8H3/b19-18-. The van der Waals surface area contributed by atoms with E-state index in [-0.39, 0.29) is 42.0 Å². The number of esters is 3. The fourth-order valence-electron chi connectivity index (χ4n) is 6.38. The summed E-state index contributed by atoms with van der Waals surface area (Å²) in [4.78, 5) is 65.3. The number of carbonyl (C=O) groups excluding carboxylic acids is 5. The molecule has 12 heteroatoms. The Morgan fingerprint density at radius 3 is 1.63 bits per heavy atom. The van der Waals surface area contributed by atoms with Crippen LogP contribution in [0.2, 0.25) is 0 Å². The van der Waals surface area contributed by atoms with Crippen LogP contribution in [0, 0.1) is 34.6 Å². The minimum atomic E-state index is -4.68. The molecule has 0 heterocycles. The number of benzene rings is 3. The van der Waals surface area contributed by atoms with E-state index in [0.717, 1.165) is 62.3 Å². The summed E-state index contributed by atoms with van der Waals surface area (Å²) in [7, 11) is -4.68. The fraction of sp³-hybridized carbons (Fsp3) is 0.400. The molecule has 0 saturated carbocycles. The molecule has 0 amide bonds. The second-order valence-corrected chi connectivity index (χ2v) is 16.3. The van der Waals surface area contributed by atoms with E-state index in [1.54, 1.807) is 52.0 Å². The van der Waals surface area contributed by atoms with Crippen molar-refractivity contribution in [3.63, 3.8) is 0 Å². The number of unbranched alkanes of at least 4 members (excludes halogenated alkanes) is 4. The van der Waals surface area contributed by atoms with Gasteiger partial charge in [0.05, 0.1) is 18.5 Å². The molecule has 0 aromatic heterocycles.